The van der Waals surface area contributed by atoms with Gasteiger partial charge < -0.3 is 15.2 Å². The van der Waals surface area contributed by atoms with Gasteiger partial charge in [-0.3, -0.25) is 4.99 Å². The summed E-state index contributed by atoms with van der Waals surface area (Å²) in [6.07, 6.45) is 7.63. The quantitative estimate of drug-likeness (QED) is 0.255. The molecule has 0 bridgehead atoms. The maximum atomic E-state index is 6.20. The molecule has 3 rings (SSSR count). The molecule has 28 heavy (non-hydrogen) atoms. The van der Waals surface area contributed by atoms with Crippen molar-refractivity contribution in [3.05, 3.63) is 46.5 Å². The van der Waals surface area contributed by atoms with Gasteiger partial charge >= 0.3 is 0 Å². The second-order valence-electron chi connectivity index (χ2n) is 6.87. The Balaban J connectivity index is 0.00000280. The zero-order valence-electron chi connectivity index (χ0n) is 16.5. The van der Waals surface area contributed by atoms with E-state index in [1.54, 1.807) is 7.05 Å². The Morgan fingerprint density at radius 2 is 1.93 bits per heavy atom. The molecule has 1 aromatic heterocycles. The van der Waals surface area contributed by atoms with Gasteiger partial charge in [0.25, 0.3) is 0 Å². The first-order valence-electron chi connectivity index (χ1n) is 9.87. The highest BCUT2D eigenvalue weighted by molar-refractivity contribution is 14.0. The van der Waals surface area contributed by atoms with Gasteiger partial charge in [0.1, 0.15) is 11.6 Å². The van der Waals surface area contributed by atoms with Gasteiger partial charge in [0.15, 0.2) is 5.96 Å². The number of aryl methyl sites for hydroxylation is 2. The molecule has 2 N–H and O–H groups in total. The van der Waals surface area contributed by atoms with E-state index in [2.05, 4.69) is 36.5 Å². The molecule has 0 spiro atoms. The summed E-state index contributed by atoms with van der Waals surface area (Å²) in [6, 6.07) is 7.95. The number of aliphatic imine (C=N–C) groups is 1. The molecule has 0 amide bonds. The van der Waals surface area contributed by atoms with E-state index >= 15 is 0 Å². The number of nitrogens with one attached hydrogen (secondary N) is 2. The number of guanidine groups is 1. The molecule has 0 atom stereocenters. The monoisotopic (exact) mass is 516 g/mol. The summed E-state index contributed by atoms with van der Waals surface area (Å²) in [5, 5.41) is 16.3. The van der Waals surface area contributed by atoms with Crippen LogP contribution in [0.3, 0.4) is 0 Å². The van der Waals surface area contributed by atoms with E-state index in [-0.39, 0.29) is 24.0 Å². The Kier molecular flexibility index (Phi) is 10.0. The average Bonchev–Trinajstić information content (AvgIpc) is 2.91. The van der Waals surface area contributed by atoms with Gasteiger partial charge in [-0.05, 0) is 37.3 Å². The van der Waals surface area contributed by atoms with Crippen molar-refractivity contribution in [1.82, 2.24) is 25.4 Å². The zero-order valence-corrected chi connectivity index (χ0v) is 19.5. The maximum absolute atomic E-state index is 6.20. The Morgan fingerprint density at radius 3 is 2.75 bits per heavy atom. The Labute approximate surface area is 189 Å². The van der Waals surface area contributed by atoms with Crippen molar-refractivity contribution in [3.8, 4) is 0 Å². The van der Waals surface area contributed by atoms with E-state index in [4.69, 9.17) is 11.6 Å². The van der Waals surface area contributed by atoms with Crippen molar-refractivity contribution in [2.24, 2.45) is 4.99 Å². The minimum Gasteiger partial charge on any atom is -0.356 e. The van der Waals surface area contributed by atoms with Crippen LogP contribution >= 0.6 is 35.6 Å². The summed E-state index contributed by atoms with van der Waals surface area (Å²) in [5.41, 5.74) is 1.15. The van der Waals surface area contributed by atoms with Crippen LogP contribution in [0.5, 0.6) is 0 Å². The van der Waals surface area contributed by atoms with Crippen LogP contribution < -0.4 is 10.6 Å². The van der Waals surface area contributed by atoms with Crippen LogP contribution in [-0.4, -0.2) is 40.9 Å². The molecule has 6 nitrogen and oxygen atoms in total. The third kappa shape index (κ3) is 6.62. The fourth-order valence-corrected chi connectivity index (χ4v) is 3.65. The standard InChI is InChI=1S/C20H29ClN6.HI/c1-22-20(24-14-12-16-8-4-5-9-17(16)21)23-13-7-11-19-26-25-18-10-3-2-6-15-27(18)19;/h4-5,8-9H,2-3,6-7,10-15H2,1H3,(H2,22,23,24);1H. The fraction of sp³-hybridized carbons (Fsp3) is 0.550. The Morgan fingerprint density at radius 1 is 1.11 bits per heavy atom. The number of fused-ring (bicyclic) bond motifs is 1. The van der Waals surface area contributed by atoms with Crippen molar-refractivity contribution in [3.63, 3.8) is 0 Å². The van der Waals surface area contributed by atoms with Crippen LogP contribution in [0, 0.1) is 0 Å². The molecule has 1 aromatic carbocycles. The lowest BCUT2D eigenvalue weighted by atomic mass is 10.1. The predicted octanol–water partition coefficient (Wildman–Crippen LogP) is 3.62. The van der Waals surface area contributed by atoms with E-state index < -0.39 is 0 Å². The van der Waals surface area contributed by atoms with E-state index in [0.29, 0.717) is 0 Å². The van der Waals surface area contributed by atoms with Crippen molar-refractivity contribution in [1.29, 1.82) is 0 Å². The molecule has 2 heterocycles. The van der Waals surface area contributed by atoms with E-state index in [1.807, 2.05) is 18.2 Å². The van der Waals surface area contributed by atoms with Crippen LogP contribution in [0.2, 0.25) is 5.02 Å². The summed E-state index contributed by atoms with van der Waals surface area (Å²) in [6.45, 7) is 2.71. The second-order valence-corrected chi connectivity index (χ2v) is 7.27. The number of benzene rings is 1. The molecule has 0 saturated heterocycles. The van der Waals surface area contributed by atoms with Crippen LogP contribution in [0.4, 0.5) is 0 Å². The molecular formula is C20H30ClIN6. The SMILES string of the molecule is CN=C(NCCCc1nnc2n1CCCCC2)NCCc1ccccc1Cl.I. The lowest BCUT2D eigenvalue weighted by Gasteiger charge is -2.12. The van der Waals surface area contributed by atoms with Gasteiger partial charge in [0.2, 0.25) is 0 Å². The van der Waals surface area contributed by atoms with Crippen molar-refractivity contribution < 1.29 is 0 Å². The van der Waals surface area contributed by atoms with Crippen molar-refractivity contribution in [2.45, 2.75) is 51.5 Å². The fourth-order valence-electron chi connectivity index (χ4n) is 3.42. The van der Waals surface area contributed by atoms with Gasteiger partial charge in [-0.2, -0.15) is 0 Å². The van der Waals surface area contributed by atoms with E-state index in [9.17, 15) is 0 Å². The number of hydrogen-bond donors (Lipinski definition) is 2. The zero-order chi connectivity index (χ0) is 18.9. The summed E-state index contributed by atoms with van der Waals surface area (Å²) in [4.78, 5) is 4.29. The lowest BCUT2D eigenvalue weighted by Crippen LogP contribution is -2.38. The number of rotatable bonds is 7. The Bertz CT molecular complexity index is 761. The minimum atomic E-state index is 0. The molecule has 1 aliphatic rings. The molecule has 0 saturated carbocycles. The van der Waals surface area contributed by atoms with E-state index in [0.717, 1.165) is 73.5 Å². The number of nitrogens with zero attached hydrogens (tertiary/aromatic N) is 4. The second kappa shape index (κ2) is 12.3. The highest BCUT2D eigenvalue weighted by atomic mass is 127. The summed E-state index contributed by atoms with van der Waals surface area (Å²) < 4.78 is 2.32. The minimum absolute atomic E-state index is 0. The van der Waals surface area contributed by atoms with Crippen LogP contribution in [0.15, 0.2) is 29.3 Å². The topological polar surface area (TPSA) is 67.1 Å². The predicted molar refractivity (Wildman–Crippen MR) is 126 cm³/mol. The average molecular weight is 517 g/mol. The molecule has 8 heteroatoms. The van der Waals surface area contributed by atoms with Crippen LogP contribution in [0.1, 0.15) is 42.9 Å². The highest BCUT2D eigenvalue weighted by Gasteiger charge is 2.14. The first-order chi connectivity index (χ1) is 13.3. The third-order valence-electron chi connectivity index (χ3n) is 4.92. The molecule has 0 unspecified atom stereocenters. The first kappa shape index (κ1) is 22.9. The maximum Gasteiger partial charge on any atom is 0.190 e. The summed E-state index contributed by atoms with van der Waals surface area (Å²) in [7, 11) is 1.79. The molecule has 0 radical (unpaired) electrons. The van der Waals surface area contributed by atoms with Crippen LogP contribution in [-0.2, 0) is 25.8 Å². The van der Waals surface area contributed by atoms with Gasteiger partial charge in [0.05, 0.1) is 0 Å². The molecule has 154 valence electrons. The van der Waals surface area contributed by atoms with Gasteiger partial charge in [-0.1, -0.05) is 36.2 Å². The van der Waals surface area contributed by atoms with E-state index in [1.165, 1.54) is 19.3 Å². The molecule has 1 aliphatic heterocycles. The molecule has 2 aromatic rings. The largest absolute Gasteiger partial charge is 0.356 e. The first-order valence-corrected chi connectivity index (χ1v) is 10.2. The normalized spacial score (nSPS) is 14.0. The highest BCUT2D eigenvalue weighted by Crippen LogP contribution is 2.15. The lowest BCUT2D eigenvalue weighted by molar-refractivity contribution is 0.594. The third-order valence-corrected chi connectivity index (χ3v) is 5.29. The summed E-state index contributed by atoms with van der Waals surface area (Å²) in [5.74, 6) is 3.10. The number of hydrogen-bond acceptors (Lipinski definition) is 3. The van der Waals surface area contributed by atoms with Crippen LogP contribution in [0.25, 0.3) is 0 Å². The van der Waals surface area contributed by atoms with Crippen molar-refractivity contribution >= 4 is 41.5 Å². The number of halogens is 2. The van der Waals surface area contributed by atoms with Gasteiger partial charge in [-0.15, -0.1) is 34.2 Å². The van der Waals surface area contributed by atoms with Gasteiger partial charge in [-0.25, -0.2) is 0 Å². The molecule has 0 aliphatic carbocycles. The Hall–Kier alpha value is -1.35. The molecular weight excluding hydrogens is 487 g/mol. The number of aromatic nitrogens is 3. The smallest absolute Gasteiger partial charge is 0.190 e. The van der Waals surface area contributed by atoms with Crippen molar-refractivity contribution in [2.75, 3.05) is 20.1 Å². The molecule has 0 fully saturated rings. The van der Waals surface area contributed by atoms with Gasteiger partial charge in [0, 0.05) is 44.5 Å². The summed E-state index contributed by atoms with van der Waals surface area (Å²) >= 11 is 6.20.